The van der Waals surface area contributed by atoms with Crippen molar-refractivity contribution in [3.8, 4) is 0 Å². The molecule has 0 bridgehead atoms. The Labute approximate surface area is 147 Å². The summed E-state index contributed by atoms with van der Waals surface area (Å²) in [5.74, 6) is -0.381. The molecular formula is C17H27N3O3S. The molecule has 0 spiro atoms. The summed E-state index contributed by atoms with van der Waals surface area (Å²) in [7, 11) is 0. The minimum atomic E-state index is -0.604. The van der Waals surface area contributed by atoms with Gasteiger partial charge in [0.1, 0.15) is 0 Å². The highest BCUT2D eigenvalue weighted by atomic mass is 32.1. The van der Waals surface area contributed by atoms with E-state index < -0.39 is 12.1 Å². The molecule has 4 N–H and O–H groups in total. The minimum Gasteiger partial charge on any atom is -0.387 e. The molecule has 1 fully saturated rings. The van der Waals surface area contributed by atoms with E-state index in [4.69, 9.17) is 5.73 Å². The van der Waals surface area contributed by atoms with Crippen LogP contribution < -0.4 is 11.1 Å². The fourth-order valence-corrected chi connectivity index (χ4v) is 3.67. The number of carbonyl (C=O) groups is 2. The molecule has 1 aliphatic heterocycles. The number of thiophene rings is 1. The van der Waals surface area contributed by atoms with Crippen LogP contribution in [0.3, 0.4) is 0 Å². The number of carbonyl (C=O) groups excluding carboxylic acids is 2. The number of nitrogens with one attached hydrogen (secondary N) is 1. The van der Waals surface area contributed by atoms with Crippen LogP contribution >= 0.6 is 11.3 Å². The molecule has 1 saturated heterocycles. The number of aliphatic hydroxyl groups is 1. The molecule has 7 heteroatoms. The van der Waals surface area contributed by atoms with E-state index in [0.29, 0.717) is 13.0 Å². The maximum absolute atomic E-state index is 12.4. The van der Waals surface area contributed by atoms with Gasteiger partial charge in [-0.25, -0.2) is 0 Å². The number of rotatable bonds is 7. The SMILES string of the molecule is CC(C)[C@H](N)C(=O)NCC(=O)N1CCCC1CC(O)c1cccs1. The topological polar surface area (TPSA) is 95.7 Å². The Balaban J connectivity index is 1.85. The summed E-state index contributed by atoms with van der Waals surface area (Å²) >= 11 is 1.52. The van der Waals surface area contributed by atoms with Crippen LogP contribution in [0.1, 0.15) is 44.1 Å². The smallest absolute Gasteiger partial charge is 0.242 e. The molecule has 0 radical (unpaired) electrons. The van der Waals surface area contributed by atoms with Gasteiger partial charge in [0.25, 0.3) is 0 Å². The van der Waals surface area contributed by atoms with Crippen molar-refractivity contribution < 1.29 is 14.7 Å². The maximum Gasteiger partial charge on any atom is 0.242 e. The number of nitrogens with zero attached hydrogens (tertiary/aromatic N) is 1. The summed E-state index contributed by atoms with van der Waals surface area (Å²) in [6.07, 6.45) is 1.79. The molecule has 1 aromatic heterocycles. The molecule has 2 unspecified atom stereocenters. The number of hydrogen-bond donors (Lipinski definition) is 3. The number of amides is 2. The van der Waals surface area contributed by atoms with E-state index in [0.717, 1.165) is 17.7 Å². The van der Waals surface area contributed by atoms with Gasteiger partial charge in [0, 0.05) is 17.5 Å². The van der Waals surface area contributed by atoms with E-state index in [2.05, 4.69) is 5.32 Å². The molecule has 0 aromatic carbocycles. The predicted molar refractivity (Wildman–Crippen MR) is 94.5 cm³/mol. The molecule has 24 heavy (non-hydrogen) atoms. The molecule has 2 rings (SSSR count). The minimum absolute atomic E-state index is 0.0188. The molecule has 0 aliphatic carbocycles. The van der Waals surface area contributed by atoms with E-state index >= 15 is 0 Å². The number of hydrogen-bond acceptors (Lipinski definition) is 5. The second kappa shape index (κ2) is 8.60. The van der Waals surface area contributed by atoms with E-state index in [1.165, 1.54) is 11.3 Å². The summed E-state index contributed by atoms with van der Waals surface area (Å²) < 4.78 is 0. The normalized spacial score (nSPS) is 20.2. The van der Waals surface area contributed by atoms with Crippen LogP contribution in [-0.2, 0) is 9.59 Å². The van der Waals surface area contributed by atoms with Crippen molar-refractivity contribution in [2.24, 2.45) is 11.7 Å². The van der Waals surface area contributed by atoms with Crippen LogP contribution in [0.2, 0.25) is 0 Å². The zero-order valence-electron chi connectivity index (χ0n) is 14.3. The highest BCUT2D eigenvalue weighted by Gasteiger charge is 2.31. The van der Waals surface area contributed by atoms with Gasteiger partial charge in [0.05, 0.1) is 18.7 Å². The van der Waals surface area contributed by atoms with Gasteiger partial charge in [-0.15, -0.1) is 11.3 Å². The fourth-order valence-electron chi connectivity index (χ4n) is 2.95. The Bertz CT molecular complexity index is 547. The largest absolute Gasteiger partial charge is 0.387 e. The third-order valence-electron chi connectivity index (χ3n) is 4.50. The van der Waals surface area contributed by atoms with Gasteiger partial charge >= 0.3 is 0 Å². The van der Waals surface area contributed by atoms with Gasteiger partial charge in [0.2, 0.25) is 11.8 Å². The second-order valence-electron chi connectivity index (χ2n) is 6.64. The van der Waals surface area contributed by atoms with Gasteiger partial charge in [0.15, 0.2) is 0 Å². The van der Waals surface area contributed by atoms with E-state index in [1.54, 1.807) is 4.90 Å². The molecule has 134 valence electrons. The molecule has 0 saturated carbocycles. The molecule has 3 atom stereocenters. The average molecular weight is 353 g/mol. The Morgan fingerprint density at radius 2 is 2.25 bits per heavy atom. The first-order valence-corrected chi connectivity index (χ1v) is 9.32. The van der Waals surface area contributed by atoms with Crippen LogP contribution in [0.4, 0.5) is 0 Å². The molecule has 6 nitrogen and oxygen atoms in total. The lowest BCUT2D eigenvalue weighted by Crippen LogP contribution is -2.48. The van der Waals surface area contributed by atoms with Gasteiger partial charge in [-0.1, -0.05) is 19.9 Å². The Kier molecular flexibility index (Phi) is 6.77. The van der Waals surface area contributed by atoms with Crippen molar-refractivity contribution in [3.05, 3.63) is 22.4 Å². The van der Waals surface area contributed by atoms with E-state index in [1.807, 2.05) is 31.4 Å². The molecule has 1 aromatic rings. The van der Waals surface area contributed by atoms with Crippen LogP contribution in [-0.4, -0.2) is 47.0 Å². The molecular weight excluding hydrogens is 326 g/mol. The van der Waals surface area contributed by atoms with Gasteiger partial charge in [-0.2, -0.15) is 0 Å². The van der Waals surface area contributed by atoms with Crippen molar-refractivity contribution in [1.82, 2.24) is 10.2 Å². The first-order valence-electron chi connectivity index (χ1n) is 8.44. The Morgan fingerprint density at radius 1 is 1.50 bits per heavy atom. The number of likely N-dealkylation sites (tertiary alicyclic amines) is 1. The van der Waals surface area contributed by atoms with E-state index in [9.17, 15) is 14.7 Å². The molecule has 2 heterocycles. The first kappa shape index (κ1) is 18.9. The lowest BCUT2D eigenvalue weighted by molar-refractivity contribution is -0.134. The lowest BCUT2D eigenvalue weighted by Gasteiger charge is -2.27. The summed E-state index contributed by atoms with van der Waals surface area (Å²) in [6, 6.07) is 3.23. The summed E-state index contributed by atoms with van der Waals surface area (Å²) in [5.41, 5.74) is 5.78. The van der Waals surface area contributed by atoms with Crippen LogP contribution in [0, 0.1) is 5.92 Å². The van der Waals surface area contributed by atoms with Crippen molar-refractivity contribution in [3.63, 3.8) is 0 Å². The average Bonchev–Trinajstić information content (AvgIpc) is 3.22. The van der Waals surface area contributed by atoms with Crippen LogP contribution in [0.25, 0.3) is 0 Å². The van der Waals surface area contributed by atoms with Crippen LogP contribution in [0.5, 0.6) is 0 Å². The highest BCUT2D eigenvalue weighted by molar-refractivity contribution is 7.10. The quantitative estimate of drug-likeness (QED) is 0.688. The molecule has 2 amide bonds. The third-order valence-corrected chi connectivity index (χ3v) is 5.47. The summed E-state index contributed by atoms with van der Waals surface area (Å²) in [6.45, 7) is 4.38. The Hall–Kier alpha value is -1.44. The van der Waals surface area contributed by atoms with Crippen molar-refractivity contribution in [2.45, 2.75) is 51.3 Å². The lowest BCUT2D eigenvalue weighted by atomic mass is 10.0. The van der Waals surface area contributed by atoms with Crippen molar-refractivity contribution in [1.29, 1.82) is 0 Å². The fraction of sp³-hybridized carbons (Fsp3) is 0.647. The van der Waals surface area contributed by atoms with Crippen molar-refractivity contribution in [2.75, 3.05) is 13.1 Å². The maximum atomic E-state index is 12.4. The number of aliphatic hydroxyl groups excluding tert-OH is 1. The van der Waals surface area contributed by atoms with E-state index in [-0.39, 0.29) is 30.3 Å². The predicted octanol–water partition coefficient (Wildman–Crippen LogP) is 1.26. The molecule has 1 aliphatic rings. The van der Waals surface area contributed by atoms with Gasteiger partial charge in [-0.05, 0) is 36.6 Å². The summed E-state index contributed by atoms with van der Waals surface area (Å²) in [4.78, 5) is 27.0. The monoisotopic (exact) mass is 353 g/mol. The summed E-state index contributed by atoms with van der Waals surface area (Å²) in [5, 5.41) is 14.9. The second-order valence-corrected chi connectivity index (χ2v) is 7.62. The van der Waals surface area contributed by atoms with Crippen molar-refractivity contribution >= 4 is 23.2 Å². The Morgan fingerprint density at radius 3 is 2.88 bits per heavy atom. The zero-order valence-corrected chi connectivity index (χ0v) is 15.1. The third kappa shape index (κ3) is 4.78. The van der Waals surface area contributed by atoms with Crippen LogP contribution in [0.15, 0.2) is 17.5 Å². The first-order chi connectivity index (χ1) is 11.4. The van der Waals surface area contributed by atoms with Gasteiger partial charge < -0.3 is 21.1 Å². The zero-order chi connectivity index (χ0) is 17.7. The van der Waals surface area contributed by atoms with Gasteiger partial charge in [-0.3, -0.25) is 9.59 Å². The highest BCUT2D eigenvalue weighted by Crippen LogP contribution is 2.29. The number of nitrogens with two attached hydrogens (primary N) is 1. The standard InChI is InChI=1S/C17H27N3O3S/c1-11(2)16(18)17(23)19-10-15(22)20-7-3-5-12(20)9-13(21)14-6-4-8-24-14/h4,6,8,11-13,16,21H,3,5,7,9-10,18H2,1-2H3,(H,19,23)/t12?,13?,16-/m0/s1.